The topological polar surface area (TPSA) is 76.1 Å². The second kappa shape index (κ2) is 8.10. The van der Waals surface area contributed by atoms with E-state index < -0.39 is 5.60 Å². The molecule has 0 aromatic carbocycles. The minimum atomic E-state index is -0.429. The number of piperidine rings is 1. The monoisotopic (exact) mass is 414 g/mol. The lowest BCUT2D eigenvalue weighted by atomic mass is 9.73. The number of nitrogens with one attached hydrogen (secondary N) is 2. The Morgan fingerprint density at radius 2 is 1.93 bits per heavy atom. The summed E-state index contributed by atoms with van der Waals surface area (Å²) in [7, 11) is 0. The fourth-order valence-corrected chi connectivity index (χ4v) is 4.23. The molecule has 8 heteroatoms. The van der Waals surface area contributed by atoms with Crippen molar-refractivity contribution in [1.82, 2.24) is 15.3 Å². The predicted octanol–water partition coefficient (Wildman–Crippen LogP) is 4.22. The Morgan fingerprint density at radius 1 is 1.26 bits per heavy atom. The first-order chi connectivity index (χ1) is 12.7. The Kier molecular flexibility index (Phi) is 6.18. The van der Waals surface area contributed by atoms with Crippen molar-refractivity contribution in [2.24, 2.45) is 5.92 Å². The Morgan fingerprint density at radius 3 is 2.52 bits per heavy atom. The van der Waals surface area contributed by atoms with Crippen molar-refractivity contribution in [2.45, 2.75) is 76.5 Å². The molecule has 2 N–H and O–H groups in total. The molecule has 1 saturated carbocycles. The van der Waals surface area contributed by atoms with Crippen LogP contribution in [0.4, 0.5) is 5.82 Å². The molecule has 3 rings (SSSR count). The summed E-state index contributed by atoms with van der Waals surface area (Å²) in [5, 5.41) is 7.72. The molecule has 2 fully saturated rings. The molecule has 2 heterocycles. The first-order valence-corrected chi connectivity index (χ1v) is 10.3. The molecular formula is C19H28Cl2N4O2. The molecule has 1 aromatic rings. The summed E-state index contributed by atoms with van der Waals surface area (Å²) in [6.07, 6.45) is 7.55. The van der Waals surface area contributed by atoms with Crippen molar-refractivity contribution in [3.8, 4) is 0 Å². The highest BCUT2D eigenvalue weighted by Crippen LogP contribution is 2.37. The van der Waals surface area contributed by atoms with Gasteiger partial charge in [-0.3, -0.25) is 4.79 Å². The van der Waals surface area contributed by atoms with Crippen LogP contribution < -0.4 is 10.6 Å². The van der Waals surface area contributed by atoms with Gasteiger partial charge in [0.15, 0.2) is 0 Å². The van der Waals surface area contributed by atoms with Crippen molar-refractivity contribution in [2.75, 3.05) is 11.9 Å². The van der Waals surface area contributed by atoms with E-state index in [1.54, 1.807) is 0 Å². The smallest absolute Gasteiger partial charge is 0.310 e. The SMILES string of the molecule is CC(C)(C)OC(=O)C1CCC2(CCC(Nc3nc(Cl)ncc3Cl)CC2)NC1. The summed E-state index contributed by atoms with van der Waals surface area (Å²) in [4.78, 5) is 20.3. The normalized spacial score (nSPS) is 28.8. The number of hydrogen-bond donors (Lipinski definition) is 2. The number of esters is 1. The summed E-state index contributed by atoms with van der Waals surface area (Å²) < 4.78 is 5.53. The summed E-state index contributed by atoms with van der Waals surface area (Å²) in [5.41, 5.74) is -0.301. The maximum absolute atomic E-state index is 12.3. The van der Waals surface area contributed by atoms with E-state index in [0.29, 0.717) is 23.4 Å². The Bertz CT molecular complexity index is 675. The second-order valence-corrected chi connectivity index (χ2v) is 9.43. The van der Waals surface area contributed by atoms with Crippen molar-refractivity contribution < 1.29 is 9.53 Å². The van der Waals surface area contributed by atoms with Crippen LogP contribution in [0.15, 0.2) is 6.20 Å². The van der Waals surface area contributed by atoms with Gasteiger partial charge in [-0.1, -0.05) is 11.6 Å². The fraction of sp³-hybridized carbons (Fsp3) is 0.737. The summed E-state index contributed by atoms with van der Waals surface area (Å²) >= 11 is 12.0. The van der Waals surface area contributed by atoms with Crippen LogP contribution in [-0.4, -0.2) is 39.7 Å². The van der Waals surface area contributed by atoms with Gasteiger partial charge >= 0.3 is 5.97 Å². The molecule has 2 aliphatic rings. The largest absolute Gasteiger partial charge is 0.460 e. The molecular weight excluding hydrogens is 387 g/mol. The number of anilines is 1. The van der Waals surface area contributed by atoms with E-state index in [9.17, 15) is 4.79 Å². The van der Waals surface area contributed by atoms with Gasteiger partial charge in [0.25, 0.3) is 0 Å². The molecule has 1 unspecified atom stereocenters. The van der Waals surface area contributed by atoms with Gasteiger partial charge in [-0.25, -0.2) is 4.98 Å². The van der Waals surface area contributed by atoms with Crippen LogP contribution in [0.5, 0.6) is 0 Å². The predicted molar refractivity (Wildman–Crippen MR) is 107 cm³/mol. The third kappa shape index (κ3) is 5.46. The number of halogens is 2. The lowest BCUT2D eigenvalue weighted by Gasteiger charge is -2.45. The molecule has 0 bridgehead atoms. The molecule has 1 atom stereocenters. The third-order valence-electron chi connectivity index (χ3n) is 5.43. The molecule has 0 radical (unpaired) electrons. The number of carbonyl (C=O) groups excluding carboxylic acids is 1. The zero-order valence-electron chi connectivity index (χ0n) is 16.1. The average molecular weight is 415 g/mol. The number of ether oxygens (including phenoxy) is 1. The number of carbonyl (C=O) groups is 1. The molecule has 1 aliphatic carbocycles. The Hall–Kier alpha value is -1.11. The first kappa shape index (κ1) is 20.6. The number of nitrogens with zero attached hydrogens (tertiary/aromatic N) is 2. The van der Waals surface area contributed by atoms with Gasteiger partial charge in [-0.15, -0.1) is 0 Å². The van der Waals surface area contributed by atoms with Crippen LogP contribution >= 0.6 is 23.2 Å². The quantitative estimate of drug-likeness (QED) is 0.569. The average Bonchev–Trinajstić information content (AvgIpc) is 2.59. The van der Waals surface area contributed by atoms with Crippen molar-refractivity contribution in [3.05, 3.63) is 16.5 Å². The van der Waals surface area contributed by atoms with E-state index in [4.69, 9.17) is 27.9 Å². The minimum Gasteiger partial charge on any atom is -0.460 e. The molecule has 27 heavy (non-hydrogen) atoms. The van der Waals surface area contributed by atoms with Gasteiger partial charge in [0.1, 0.15) is 16.4 Å². The summed E-state index contributed by atoms with van der Waals surface area (Å²) in [5.74, 6) is 0.461. The van der Waals surface area contributed by atoms with E-state index in [0.717, 1.165) is 38.5 Å². The van der Waals surface area contributed by atoms with Crippen LogP contribution in [0.1, 0.15) is 59.3 Å². The van der Waals surface area contributed by atoms with Crippen molar-refractivity contribution in [1.29, 1.82) is 0 Å². The highest BCUT2D eigenvalue weighted by molar-refractivity contribution is 6.33. The molecule has 0 amide bonds. The van der Waals surface area contributed by atoms with Gasteiger partial charge in [0, 0.05) is 18.1 Å². The zero-order valence-corrected chi connectivity index (χ0v) is 17.7. The van der Waals surface area contributed by atoms with Gasteiger partial charge < -0.3 is 15.4 Å². The third-order valence-corrected chi connectivity index (χ3v) is 5.89. The standard InChI is InChI=1S/C19H28Cl2N4O2/c1-18(2,3)27-16(26)12-4-7-19(23-10-12)8-5-13(6-9-19)24-15-14(20)11-22-17(21)25-15/h11-13,23H,4-10H2,1-3H3,(H,22,24,25). The molecule has 1 aliphatic heterocycles. The lowest BCUT2D eigenvalue weighted by molar-refractivity contribution is -0.161. The Labute approximate surface area is 170 Å². The fourth-order valence-electron chi connectivity index (χ4n) is 3.95. The second-order valence-electron chi connectivity index (χ2n) is 8.68. The van der Waals surface area contributed by atoms with E-state index in [2.05, 4.69) is 20.6 Å². The number of rotatable bonds is 3. The van der Waals surface area contributed by atoms with Gasteiger partial charge in [-0.2, -0.15) is 4.98 Å². The maximum atomic E-state index is 12.3. The lowest BCUT2D eigenvalue weighted by Crippen LogP contribution is -2.55. The van der Waals surface area contributed by atoms with Gasteiger partial charge in [-0.05, 0) is 70.9 Å². The van der Waals surface area contributed by atoms with Crippen LogP contribution in [-0.2, 0) is 9.53 Å². The maximum Gasteiger partial charge on any atom is 0.310 e. The molecule has 6 nitrogen and oxygen atoms in total. The van der Waals surface area contributed by atoms with Gasteiger partial charge in [0.05, 0.1) is 12.1 Å². The highest BCUT2D eigenvalue weighted by atomic mass is 35.5. The van der Waals surface area contributed by atoms with Gasteiger partial charge in [0.2, 0.25) is 5.28 Å². The van der Waals surface area contributed by atoms with Crippen LogP contribution in [0, 0.1) is 5.92 Å². The zero-order chi connectivity index (χ0) is 19.7. The van der Waals surface area contributed by atoms with Crippen LogP contribution in [0.25, 0.3) is 0 Å². The Balaban J connectivity index is 1.49. The minimum absolute atomic E-state index is 0.0485. The molecule has 150 valence electrons. The van der Waals surface area contributed by atoms with E-state index in [1.165, 1.54) is 6.20 Å². The first-order valence-electron chi connectivity index (χ1n) is 9.58. The number of aromatic nitrogens is 2. The van der Waals surface area contributed by atoms with Crippen LogP contribution in [0.3, 0.4) is 0 Å². The summed E-state index contributed by atoms with van der Waals surface area (Å²) in [6, 6.07) is 0.310. The van der Waals surface area contributed by atoms with E-state index in [-0.39, 0.29) is 22.7 Å². The van der Waals surface area contributed by atoms with Crippen molar-refractivity contribution in [3.63, 3.8) is 0 Å². The molecule has 1 aromatic heterocycles. The van der Waals surface area contributed by atoms with Crippen LogP contribution in [0.2, 0.25) is 10.3 Å². The number of hydrogen-bond acceptors (Lipinski definition) is 6. The summed E-state index contributed by atoms with van der Waals surface area (Å²) in [6.45, 7) is 6.43. The molecule has 1 spiro atoms. The van der Waals surface area contributed by atoms with Crippen molar-refractivity contribution >= 4 is 35.0 Å². The van der Waals surface area contributed by atoms with E-state index >= 15 is 0 Å². The molecule has 1 saturated heterocycles. The highest BCUT2D eigenvalue weighted by Gasteiger charge is 2.40. The van der Waals surface area contributed by atoms with E-state index in [1.807, 2.05) is 20.8 Å².